The molecule has 0 saturated carbocycles. The molecule has 12 heteroatoms. The Morgan fingerprint density at radius 1 is 1.15 bits per heavy atom. The lowest BCUT2D eigenvalue weighted by molar-refractivity contribution is -0.0802. The number of aryl methyl sites for hydroxylation is 1. The molecule has 2 fully saturated rings. The number of amides is 1. The molecule has 4 aliphatic heterocycles. The Bertz CT molecular complexity index is 1740. The first-order chi connectivity index (χ1) is 22.5. The fourth-order valence-corrected chi connectivity index (χ4v) is 8.99. The summed E-state index contributed by atoms with van der Waals surface area (Å²) in [6, 6.07) is 8.39. The van der Waals surface area contributed by atoms with Crippen molar-refractivity contribution in [3.8, 4) is 6.01 Å². The van der Waals surface area contributed by atoms with Crippen molar-refractivity contribution in [2.24, 2.45) is 0 Å². The van der Waals surface area contributed by atoms with Gasteiger partial charge in [-0.15, -0.1) is 0 Å². The van der Waals surface area contributed by atoms with Gasteiger partial charge >= 0.3 is 6.01 Å². The minimum Gasteiger partial charge on any atom is -0.461 e. The number of carbonyl (C=O) groups excluding carboxylic acids is 1. The highest BCUT2D eigenvalue weighted by Crippen LogP contribution is 2.54. The topological polar surface area (TPSA) is 115 Å². The molecule has 5 aliphatic rings. The number of rotatable bonds is 5. The Morgan fingerprint density at radius 3 is 2.83 bits per heavy atom. The number of hydrogen-bond acceptors (Lipinski definition) is 9. The number of nitrogens with two attached hydrogens (primary N) is 1. The predicted molar refractivity (Wildman–Crippen MR) is 175 cm³/mol. The smallest absolute Gasteiger partial charge is 0.318 e. The van der Waals surface area contributed by atoms with E-state index in [1.54, 1.807) is 19.0 Å². The van der Waals surface area contributed by atoms with Crippen LogP contribution in [-0.2, 0) is 41.9 Å². The van der Waals surface area contributed by atoms with Gasteiger partial charge in [0, 0.05) is 57.8 Å². The normalized spacial score (nSPS) is 27.7. The molecule has 2 aromatic heterocycles. The summed E-state index contributed by atoms with van der Waals surface area (Å²) in [6.45, 7) is 8.61. The van der Waals surface area contributed by atoms with Gasteiger partial charge in [0.1, 0.15) is 24.2 Å². The summed E-state index contributed by atoms with van der Waals surface area (Å²) in [5, 5.41) is 4.64. The number of hydrogen-bond donors (Lipinski definition) is 1. The van der Waals surface area contributed by atoms with Gasteiger partial charge in [-0.2, -0.15) is 15.1 Å². The van der Waals surface area contributed by atoms with Gasteiger partial charge in [-0.1, -0.05) is 19.9 Å². The molecule has 3 atom stereocenters. The summed E-state index contributed by atoms with van der Waals surface area (Å²) >= 11 is 0. The minimum absolute atomic E-state index is 0.0862. The monoisotopic (exact) mass is 644 g/mol. The second kappa shape index (κ2) is 10.9. The number of nitrogen functional groups attached to an aromatic ring is 1. The lowest BCUT2D eigenvalue weighted by Crippen LogP contribution is -2.43. The largest absolute Gasteiger partial charge is 0.461 e. The van der Waals surface area contributed by atoms with Crippen LogP contribution < -0.4 is 15.4 Å². The number of anilines is 2. The molecule has 2 N–H and O–H groups in total. The third kappa shape index (κ3) is 5.06. The van der Waals surface area contributed by atoms with Crippen LogP contribution in [-0.4, -0.2) is 87.5 Å². The van der Waals surface area contributed by atoms with E-state index < -0.39 is 11.8 Å². The molecule has 1 amide bonds. The van der Waals surface area contributed by atoms with E-state index in [2.05, 4.69) is 40.9 Å². The number of fused-ring (bicyclic) bond motifs is 5. The average molecular weight is 645 g/mol. The van der Waals surface area contributed by atoms with Crippen molar-refractivity contribution < 1.29 is 18.7 Å². The lowest BCUT2D eigenvalue weighted by atomic mass is 9.82. The van der Waals surface area contributed by atoms with Gasteiger partial charge in [0.25, 0.3) is 5.91 Å². The molecular formula is C35H45FN8O3. The van der Waals surface area contributed by atoms with Gasteiger partial charge in [0.15, 0.2) is 5.69 Å². The maximum Gasteiger partial charge on any atom is 0.318 e. The van der Waals surface area contributed by atoms with Crippen molar-refractivity contribution in [3.05, 3.63) is 58.0 Å². The molecule has 1 spiro atoms. The first-order valence-corrected chi connectivity index (χ1v) is 16.9. The molecular weight excluding hydrogens is 599 g/mol. The highest BCUT2D eigenvalue weighted by molar-refractivity contribution is 5.92. The standard InChI is InChI=1S/C35H45FN8O3/c1-33(2)20-35(27-13-23(37)7-8-26(27)33)16-29-25(19-47-35)30(39-32(38-29)46-21-34-9-5-11-43(34)17-22(36)15-34)42-10-6-12-44-24(18-42)14-28(40-44)31(45)41(3)4/h7-8,13-14,22H,5-6,9-12,15-21,37H2,1-4H3. The maximum absolute atomic E-state index is 14.6. The van der Waals surface area contributed by atoms with Crippen LogP contribution in [0.5, 0.6) is 6.01 Å². The summed E-state index contributed by atoms with van der Waals surface area (Å²) < 4.78 is 29.9. The van der Waals surface area contributed by atoms with E-state index in [1.165, 1.54) is 5.56 Å². The van der Waals surface area contributed by atoms with Crippen LogP contribution in [0.2, 0.25) is 0 Å². The SMILES string of the molecule is CN(C)C(=O)c1cc2n(n1)CCCN(c1nc(OCC34CCCN3CC(F)C4)nc3c1COC1(C3)CC(C)(C)c3ccc(N)cc31)C2. The zero-order valence-corrected chi connectivity index (χ0v) is 27.9. The van der Waals surface area contributed by atoms with E-state index in [9.17, 15) is 9.18 Å². The Kier molecular flexibility index (Phi) is 7.07. The molecule has 6 heterocycles. The molecule has 250 valence electrons. The maximum atomic E-state index is 14.6. The van der Waals surface area contributed by atoms with Gasteiger partial charge in [0.2, 0.25) is 0 Å². The molecule has 0 bridgehead atoms. The summed E-state index contributed by atoms with van der Waals surface area (Å²) in [5.41, 5.74) is 11.8. The van der Waals surface area contributed by atoms with Crippen LogP contribution in [0.4, 0.5) is 15.9 Å². The highest BCUT2D eigenvalue weighted by Gasteiger charge is 2.52. The highest BCUT2D eigenvalue weighted by atomic mass is 19.1. The van der Waals surface area contributed by atoms with E-state index in [4.69, 9.17) is 25.2 Å². The number of carbonyl (C=O) groups is 1. The van der Waals surface area contributed by atoms with E-state index in [0.29, 0.717) is 57.4 Å². The van der Waals surface area contributed by atoms with Crippen LogP contribution in [0, 0.1) is 0 Å². The number of halogens is 1. The Morgan fingerprint density at radius 2 is 2.00 bits per heavy atom. The number of nitrogens with zero attached hydrogens (tertiary/aromatic N) is 7. The van der Waals surface area contributed by atoms with Crippen molar-refractivity contribution in [1.82, 2.24) is 29.5 Å². The summed E-state index contributed by atoms with van der Waals surface area (Å²) in [4.78, 5) is 28.9. The Hall–Kier alpha value is -3.77. The van der Waals surface area contributed by atoms with Gasteiger partial charge in [0.05, 0.1) is 30.1 Å². The van der Waals surface area contributed by atoms with Crippen molar-refractivity contribution in [2.75, 3.05) is 51.0 Å². The fraction of sp³-hybridized carbons (Fsp3) is 0.600. The minimum atomic E-state index is -0.833. The number of benzene rings is 1. The summed E-state index contributed by atoms with van der Waals surface area (Å²) in [5.74, 6) is 0.671. The van der Waals surface area contributed by atoms with Crippen molar-refractivity contribution in [3.63, 3.8) is 0 Å². The number of alkyl halides is 1. The number of ether oxygens (including phenoxy) is 2. The average Bonchev–Trinajstić information content (AvgIpc) is 3.70. The molecule has 2 saturated heterocycles. The fourth-order valence-electron chi connectivity index (χ4n) is 8.99. The molecule has 11 nitrogen and oxygen atoms in total. The molecule has 1 aliphatic carbocycles. The van der Waals surface area contributed by atoms with E-state index in [-0.39, 0.29) is 16.9 Å². The van der Waals surface area contributed by atoms with Gasteiger partial charge in [-0.05, 0) is 67.0 Å². The second-order valence-corrected chi connectivity index (χ2v) is 15.2. The molecule has 47 heavy (non-hydrogen) atoms. The summed E-state index contributed by atoms with van der Waals surface area (Å²) in [6.07, 6.45) is 3.84. The van der Waals surface area contributed by atoms with Crippen molar-refractivity contribution >= 4 is 17.4 Å². The quantitative estimate of drug-likeness (QED) is 0.412. The second-order valence-electron chi connectivity index (χ2n) is 15.2. The Labute approximate surface area is 275 Å². The van der Waals surface area contributed by atoms with Crippen LogP contribution in [0.25, 0.3) is 0 Å². The molecule has 8 rings (SSSR count). The van der Waals surface area contributed by atoms with Crippen LogP contribution in [0.15, 0.2) is 24.3 Å². The van der Waals surface area contributed by atoms with E-state index in [1.807, 2.05) is 16.8 Å². The molecule has 1 aromatic carbocycles. The molecule has 3 unspecified atom stereocenters. The van der Waals surface area contributed by atoms with Gasteiger partial charge in [-0.3, -0.25) is 14.4 Å². The first kappa shape index (κ1) is 30.6. The van der Waals surface area contributed by atoms with Crippen molar-refractivity contribution in [1.29, 1.82) is 0 Å². The van der Waals surface area contributed by atoms with Crippen LogP contribution >= 0.6 is 0 Å². The van der Waals surface area contributed by atoms with Gasteiger partial charge < -0.3 is 25.0 Å². The van der Waals surface area contributed by atoms with E-state index >= 15 is 0 Å². The molecule has 3 aromatic rings. The Balaban J connectivity index is 1.17. The lowest BCUT2D eigenvalue weighted by Gasteiger charge is -2.38. The zero-order valence-electron chi connectivity index (χ0n) is 27.9. The van der Waals surface area contributed by atoms with Gasteiger partial charge in [-0.25, -0.2) is 4.39 Å². The van der Waals surface area contributed by atoms with E-state index in [0.717, 1.165) is 72.8 Å². The predicted octanol–water partition coefficient (Wildman–Crippen LogP) is 3.97. The van der Waals surface area contributed by atoms with Crippen LogP contribution in [0.3, 0.4) is 0 Å². The van der Waals surface area contributed by atoms with Crippen molar-refractivity contribution in [2.45, 2.75) is 94.8 Å². The first-order valence-electron chi connectivity index (χ1n) is 16.9. The van der Waals surface area contributed by atoms with Crippen LogP contribution in [0.1, 0.15) is 84.5 Å². The third-order valence-electron chi connectivity index (χ3n) is 11.2. The number of aromatic nitrogens is 4. The third-order valence-corrected chi connectivity index (χ3v) is 11.2. The molecule has 0 radical (unpaired) electrons. The summed E-state index contributed by atoms with van der Waals surface area (Å²) in [7, 11) is 3.48. The zero-order chi connectivity index (χ0) is 32.7.